The monoisotopic (exact) mass is 246 g/mol. The van der Waals surface area contributed by atoms with Crippen LogP contribution in [-0.2, 0) is 11.2 Å². The van der Waals surface area contributed by atoms with Crippen LogP contribution in [0.3, 0.4) is 0 Å². The van der Waals surface area contributed by atoms with Crippen molar-refractivity contribution < 1.29 is 4.79 Å². The van der Waals surface area contributed by atoms with Gasteiger partial charge in [0.25, 0.3) is 0 Å². The average Bonchev–Trinajstić information content (AvgIpc) is 2.40. The summed E-state index contributed by atoms with van der Waals surface area (Å²) < 4.78 is 0. The van der Waals surface area contributed by atoms with E-state index in [1.54, 1.807) is 0 Å². The van der Waals surface area contributed by atoms with Gasteiger partial charge in [-0.1, -0.05) is 6.07 Å². The summed E-state index contributed by atoms with van der Waals surface area (Å²) in [6, 6.07) is 6.06. The predicted molar refractivity (Wildman–Crippen MR) is 72.4 cm³/mol. The molecule has 0 radical (unpaired) electrons. The SMILES string of the molecule is CN(CCc1ccccn1)CC1CCC(=O)CC1. The Morgan fingerprint density at radius 3 is 2.78 bits per heavy atom. The Morgan fingerprint density at radius 2 is 2.11 bits per heavy atom. The van der Waals surface area contributed by atoms with E-state index in [9.17, 15) is 4.79 Å². The zero-order valence-corrected chi connectivity index (χ0v) is 11.1. The zero-order valence-electron chi connectivity index (χ0n) is 11.1. The lowest BCUT2D eigenvalue weighted by Crippen LogP contribution is -2.30. The Balaban J connectivity index is 1.69. The molecule has 0 aliphatic heterocycles. The fraction of sp³-hybridized carbons (Fsp3) is 0.600. The summed E-state index contributed by atoms with van der Waals surface area (Å²) in [6.45, 7) is 2.15. The van der Waals surface area contributed by atoms with E-state index in [0.29, 0.717) is 11.7 Å². The molecule has 98 valence electrons. The Labute approximate surface area is 109 Å². The van der Waals surface area contributed by atoms with Gasteiger partial charge in [0, 0.05) is 44.2 Å². The lowest BCUT2D eigenvalue weighted by atomic mass is 9.88. The van der Waals surface area contributed by atoms with Gasteiger partial charge in [0.15, 0.2) is 0 Å². The number of likely N-dealkylation sites (N-methyl/N-ethyl adjacent to an activating group) is 1. The molecule has 2 rings (SSSR count). The highest BCUT2D eigenvalue weighted by Crippen LogP contribution is 2.21. The summed E-state index contributed by atoms with van der Waals surface area (Å²) in [4.78, 5) is 17.9. The first kappa shape index (κ1) is 13.2. The van der Waals surface area contributed by atoms with Gasteiger partial charge < -0.3 is 4.90 Å². The average molecular weight is 246 g/mol. The van der Waals surface area contributed by atoms with E-state index in [1.807, 2.05) is 18.3 Å². The van der Waals surface area contributed by atoms with Crippen LogP contribution in [0.1, 0.15) is 31.4 Å². The van der Waals surface area contributed by atoms with Gasteiger partial charge >= 0.3 is 0 Å². The molecule has 1 fully saturated rings. The summed E-state index contributed by atoms with van der Waals surface area (Å²) in [6.07, 6.45) is 6.59. The first-order valence-corrected chi connectivity index (χ1v) is 6.84. The van der Waals surface area contributed by atoms with E-state index < -0.39 is 0 Å². The fourth-order valence-corrected chi connectivity index (χ4v) is 2.57. The molecule has 1 heterocycles. The maximum Gasteiger partial charge on any atom is 0.132 e. The first-order valence-electron chi connectivity index (χ1n) is 6.84. The highest BCUT2D eigenvalue weighted by molar-refractivity contribution is 5.79. The molecule has 0 N–H and O–H groups in total. The third kappa shape index (κ3) is 4.22. The van der Waals surface area contributed by atoms with Crippen LogP contribution in [0.25, 0.3) is 0 Å². The number of hydrogen-bond acceptors (Lipinski definition) is 3. The van der Waals surface area contributed by atoms with Crippen LogP contribution in [0.2, 0.25) is 0 Å². The second-order valence-electron chi connectivity index (χ2n) is 5.32. The third-order valence-corrected chi connectivity index (χ3v) is 3.71. The smallest absolute Gasteiger partial charge is 0.132 e. The molecule has 0 unspecified atom stereocenters. The minimum atomic E-state index is 0.447. The minimum absolute atomic E-state index is 0.447. The standard InChI is InChI=1S/C15H22N2O/c1-17(11-9-14-4-2-3-10-16-14)12-13-5-7-15(18)8-6-13/h2-4,10,13H,5-9,11-12H2,1H3. The topological polar surface area (TPSA) is 33.2 Å². The maximum atomic E-state index is 11.2. The van der Waals surface area contributed by atoms with Crippen molar-refractivity contribution in [1.82, 2.24) is 9.88 Å². The maximum absolute atomic E-state index is 11.2. The molecule has 0 saturated heterocycles. The van der Waals surface area contributed by atoms with Crippen molar-refractivity contribution in [3.05, 3.63) is 30.1 Å². The van der Waals surface area contributed by atoms with E-state index in [4.69, 9.17) is 0 Å². The van der Waals surface area contributed by atoms with E-state index in [0.717, 1.165) is 50.9 Å². The highest BCUT2D eigenvalue weighted by atomic mass is 16.1. The van der Waals surface area contributed by atoms with Crippen LogP contribution < -0.4 is 0 Å². The molecule has 18 heavy (non-hydrogen) atoms. The number of carbonyl (C=O) groups excluding carboxylic acids is 1. The normalized spacial score (nSPS) is 17.3. The molecule has 0 aromatic carbocycles. The number of rotatable bonds is 5. The molecule has 0 spiro atoms. The minimum Gasteiger partial charge on any atom is -0.306 e. The first-order chi connectivity index (χ1) is 8.74. The van der Waals surface area contributed by atoms with Crippen molar-refractivity contribution in [3.8, 4) is 0 Å². The van der Waals surface area contributed by atoms with Crippen LogP contribution in [-0.4, -0.2) is 35.8 Å². The van der Waals surface area contributed by atoms with Crippen molar-refractivity contribution >= 4 is 5.78 Å². The second-order valence-corrected chi connectivity index (χ2v) is 5.32. The summed E-state index contributed by atoms with van der Waals surface area (Å²) >= 11 is 0. The fourth-order valence-electron chi connectivity index (χ4n) is 2.57. The molecule has 1 aromatic heterocycles. The number of pyridine rings is 1. The molecular formula is C15H22N2O. The van der Waals surface area contributed by atoms with Gasteiger partial charge in [-0.15, -0.1) is 0 Å². The van der Waals surface area contributed by atoms with Gasteiger partial charge in [-0.05, 0) is 37.9 Å². The molecule has 1 aliphatic rings. The van der Waals surface area contributed by atoms with E-state index >= 15 is 0 Å². The Bertz CT molecular complexity index is 367. The number of hydrogen-bond donors (Lipinski definition) is 0. The molecule has 1 aromatic rings. The van der Waals surface area contributed by atoms with Gasteiger partial charge in [-0.3, -0.25) is 9.78 Å². The van der Waals surface area contributed by atoms with Crippen molar-refractivity contribution in [2.24, 2.45) is 5.92 Å². The third-order valence-electron chi connectivity index (χ3n) is 3.71. The summed E-state index contributed by atoms with van der Waals surface area (Å²) in [5.74, 6) is 1.15. The molecule has 3 nitrogen and oxygen atoms in total. The molecular weight excluding hydrogens is 224 g/mol. The Kier molecular flexibility index (Phi) is 4.88. The van der Waals surface area contributed by atoms with Crippen LogP contribution >= 0.6 is 0 Å². The van der Waals surface area contributed by atoms with Gasteiger partial charge in [0.1, 0.15) is 5.78 Å². The Hall–Kier alpha value is -1.22. The van der Waals surface area contributed by atoms with Gasteiger partial charge in [-0.25, -0.2) is 0 Å². The van der Waals surface area contributed by atoms with Crippen LogP contribution in [0.4, 0.5) is 0 Å². The van der Waals surface area contributed by atoms with E-state index in [1.165, 1.54) is 0 Å². The number of ketones is 1. The highest BCUT2D eigenvalue weighted by Gasteiger charge is 2.19. The van der Waals surface area contributed by atoms with Gasteiger partial charge in [0.2, 0.25) is 0 Å². The van der Waals surface area contributed by atoms with Crippen molar-refractivity contribution in [2.75, 3.05) is 20.1 Å². The largest absolute Gasteiger partial charge is 0.306 e. The van der Waals surface area contributed by atoms with Gasteiger partial charge in [0.05, 0.1) is 0 Å². The quantitative estimate of drug-likeness (QED) is 0.799. The molecule has 0 bridgehead atoms. The predicted octanol–water partition coefficient (Wildman–Crippen LogP) is 2.32. The van der Waals surface area contributed by atoms with Crippen molar-refractivity contribution in [3.63, 3.8) is 0 Å². The number of carbonyl (C=O) groups is 1. The molecule has 1 aliphatic carbocycles. The number of aromatic nitrogens is 1. The molecule has 0 amide bonds. The lowest BCUT2D eigenvalue weighted by molar-refractivity contribution is -0.121. The zero-order chi connectivity index (χ0) is 12.8. The number of nitrogens with zero attached hydrogens (tertiary/aromatic N) is 2. The van der Waals surface area contributed by atoms with Crippen LogP contribution in [0.5, 0.6) is 0 Å². The van der Waals surface area contributed by atoms with E-state index in [-0.39, 0.29) is 0 Å². The van der Waals surface area contributed by atoms with Crippen LogP contribution in [0, 0.1) is 5.92 Å². The summed E-state index contributed by atoms with van der Waals surface area (Å²) in [5, 5.41) is 0. The lowest BCUT2D eigenvalue weighted by Gasteiger charge is -2.26. The van der Waals surface area contributed by atoms with Gasteiger partial charge in [-0.2, -0.15) is 0 Å². The molecule has 0 atom stereocenters. The molecule has 1 saturated carbocycles. The number of Topliss-reactive ketones (excluding diaryl/α,β-unsaturated/α-hetero) is 1. The van der Waals surface area contributed by atoms with E-state index in [2.05, 4.69) is 23.0 Å². The Morgan fingerprint density at radius 1 is 1.33 bits per heavy atom. The van der Waals surface area contributed by atoms with Crippen molar-refractivity contribution in [2.45, 2.75) is 32.1 Å². The van der Waals surface area contributed by atoms with Crippen molar-refractivity contribution in [1.29, 1.82) is 0 Å². The summed E-state index contributed by atoms with van der Waals surface area (Å²) in [5.41, 5.74) is 1.16. The summed E-state index contributed by atoms with van der Waals surface area (Å²) in [7, 11) is 2.17. The molecule has 3 heteroatoms. The second kappa shape index (κ2) is 6.64. The van der Waals surface area contributed by atoms with Crippen LogP contribution in [0.15, 0.2) is 24.4 Å².